The van der Waals surface area contributed by atoms with Gasteiger partial charge < -0.3 is 0 Å². The van der Waals surface area contributed by atoms with E-state index in [1.54, 1.807) is 0 Å². The molecule has 0 saturated carbocycles. The third-order valence-corrected chi connectivity index (χ3v) is 3.95. The Balaban J connectivity index is 2.40. The van der Waals surface area contributed by atoms with E-state index in [4.69, 9.17) is 0 Å². The fraction of sp³-hybridized carbons (Fsp3) is 0.350. The molecule has 1 aromatic heterocycles. The summed E-state index contributed by atoms with van der Waals surface area (Å²) in [6.45, 7) is 8.60. The van der Waals surface area contributed by atoms with Crippen LogP contribution in [-0.4, -0.2) is 0 Å². The molecule has 0 N–H and O–H groups in total. The summed E-state index contributed by atoms with van der Waals surface area (Å²) < 4.78 is 2.22. The number of allylic oxidation sites excluding steroid dienone is 1. The Morgan fingerprint density at radius 3 is 2.52 bits per heavy atom. The van der Waals surface area contributed by atoms with E-state index in [1.165, 1.54) is 36.1 Å². The normalized spacial score (nSPS) is 10.6. The number of unbranched alkanes of at least 4 members (excludes halogenated alkanes) is 2. The molecule has 0 atom stereocenters. The number of benzene rings is 1. The Kier molecular flexibility index (Phi) is 5.74. The van der Waals surface area contributed by atoms with Crippen molar-refractivity contribution >= 4 is 5.70 Å². The average Bonchev–Trinajstić information content (AvgIpc) is 2.55. The predicted molar refractivity (Wildman–Crippen MR) is 90.9 cm³/mol. The first-order valence-corrected chi connectivity index (χ1v) is 8.05. The molecule has 0 fully saturated rings. The minimum absolute atomic E-state index is 0.958. The van der Waals surface area contributed by atoms with E-state index < -0.39 is 0 Å². The summed E-state index contributed by atoms with van der Waals surface area (Å²) in [4.78, 5) is 0. The molecule has 1 nitrogen and oxygen atoms in total. The lowest BCUT2D eigenvalue weighted by molar-refractivity contribution is -0.571. The third kappa shape index (κ3) is 3.81. The van der Waals surface area contributed by atoms with Crippen LogP contribution in [0.5, 0.6) is 0 Å². The Morgan fingerprint density at radius 2 is 1.76 bits per heavy atom. The molecule has 21 heavy (non-hydrogen) atoms. The van der Waals surface area contributed by atoms with Crippen LogP contribution in [0, 0.1) is 0 Å². The molecule has 0 radical (unpaired) electrons. The molecule has 0 aliphatic carbocycles. The van der Waals surface area contributed by atoms with Crippen LogP contribution < -0.4 is 4.57 Å². The fourth-order valence-electron chi connectivity index (χ4n) is 2.66. The molecule has 110 valence electrons. The van der Waals surface area contributed by atoms with E-state index in [1.807, 2.05) is 0 Å². The van der Waals surface area contributed by atoms with Crippen molar-refractivity contribution in [2.45, 2.75) is 46.0 Å². The maximum atomic E-state index is 4.20. The molecular weight excluding hydrogens is 254 g/mol. The van der Waals surface area contributed by atoms with E-state index in [9.17, 15) is 0 Å². The lowest BCUT2D eigenvalue weighted by Gasteiger charge is -2.09. The zero-order chi connectivity index (χ0) is 15.1. The van der Waals surface area contributed by atoms with Gasteiger partial charge in [0.1, 0.15) is 0 Å². The van der Waals surface area contributed by atoms with Gasteiger partial charge in [-0.15, -0.1) is 0 Å². The second-order valence-electron chi connectivity index (χ2n) is 5.49. The van der Waals surface area contributed by atoms with Crippen molar-refractivity contribution in [3.8, 4) is 11.3 Å². The number of hydrogen-bond acceptors (Lipinski definition) is 0. The van der Waals surface area contributed by atoms with Gasteiger partial charge in [0.15, 0.2) is 11.9 Å². The van der Waals surface area contributed by atoms with Gasteiger partial charge in [0, 0.05) is 24.1 Å². The van der Waals surface area contributed by atoms with Gasteiger partial charge in [-0.3, -0.25) is 0 Å². The van der Waals surface area contributed by atoms with Crippen molar-refractivity contribution in [3.05, 3.63) is 60.8 Å². The van der Waals surface area contributed by atoms with Gasteiger partial charge in [-0.1, -0.05) is 44.9 Å². The Hall–Kier alpha value is -1.89. The van der Waals surface area contributed by atoms with Crippen LogP contribution in [0.3, 0.4) is 0 Å². The molecule has 0 bridgehead atoms. The Morgan fingerprint density at radius 1 is 1.00 bits per heavy atom. The van der Waals surface area contributed by atoms with E-state index in [0.717, 1.165) is 18.5 Å². The lowest BCUT2D eigenvalue weighted by Crippen LogP contribution is -2.33. The molecule has 2 aromatic rings. The lowest BCUT2D eigenvalue weighted by atomic mass is 9.98. The van der Waals surface area contributed by atoms with E-state index >= 15 is 0 Å². The number of aromatic nitrogens is 1. The van der Waals surface area contributed by atoms with Gasteiger partial charge in [0.05, 0.1) is 0 Å². The zero-order valence-corrected chi connectivity index (χ0v) is 13.3. The van der Waals surface area contributed by atoms with Crippen molar-refractivity contribution < 1.29 is 4.57 Å². The second kappa shape index (κ2) is 7.78. The van der Waals surface area contributed by atoms with Crippen molar-refractivity contribution in [3.63, 3.8) is 0 Å². The van der Waals surface area contributed by atoms with Crippen LogP contribution in [0.25, 0.3) is 17.0 Å². The smallest absolute Gasteiger partial charge is 0.165 e. The zero-order valence-electron chi connectivity index (χ0n) is 13.3. The highest BCUT2D eigenvalue weighted by atomic mass is 15.0. The number of nitrogens with zero attached hydrogens (tertiary/aromatic N) is 1. The molecule has 2 rings (SSSR count). The van der Waals surface area contributed by atoms with Gasteiger partial charge in [-0.2, -0.15) is 4.57 Å². The first kappa shape index (κ1) is 15.5. The van der Waals surface area contributed by atoms with Crippen LogP contribution >= 0.6 is 0 Å². The number of hydrogen-bond donors (Lipinski definition) is 0. The monoisotopic (exact) mass is 280 g/mol. The van der Waals surface area contributed by atoms with Crippen LogP contribution in [0.15, 0.2) is 55.2 Å². The molecule has 0 aliphatic rings. The van der Waals surface area contributed by atoms with Crippen molar-refractivity contribution in [2.24, 2.45) is 0 Å². The molecule has 0 unspecified atom stereocenters. The molecule has 1 aromatic carbocycles. The van der Waals surface area contributed by atoms with Crippen LogP contribution in [0.1, 0.15) is 45.1 Å². The molecular formula is C20H26N+. The highest BCUT2D eigenvalue weighted by Crippen LogP contribution is 2.23. The van der Waals surface area contributed by atoms with Gasteiger partial charge in [-0.05, 0) is 37.1 Å². The average molecular weight is 280 g/mol. The topological polar surface area (TPSA) is 3.88 Å². The van der Waals surface area contributed by atoms with Crippen molar-refractivity contribution in [2.75, 3.05) is 0 Å². The van der Waals surface area contributed by atoms with E-state index in [-0.39, 0.29) is 0 Å². The summed E-state index contributed by atoms with van der Waals surface area (Å²) in [5.74, 6) is 0. The first-order chi connectivity index (χ1) is 10.3. The number of rotatable bonds is 7. The maximum Gasteiger partial charge on any atom is 0.218 e. The summed E-state index contributed by atoms with van der Waals surface area (Å²) in [7, 11) is 0. The standard InChI is InChI=1S/C20H26N/c1-4-6-7-12-18-13-8-9-14-19(18)20-15-10-11-16-21(20)17(3)5-2/h8-11,13-16H,3-7,12H2,1-2H3/q+1. The molecule has 0 spiro atoms. The van der Waals surface area contributed by atoms with Crippen LogP contribution in [0.2, 0.25) is 0 Å². The van der Waals surface area contributed by atoms with Gasteiger partial charge in [-0.25, -0.2) is 0 Å². The Bertz CT molecular complexity index is 598. The summed E-state index contributed by atoms with van der Waals surface area (Å²) in [6, 6.07) is 15.1. The van der Waals surface area contributed by atoms with Crippen LogP contribution in [-0.2, 0) is 6.42 Å². The van der Waals surface area contributed by atoms with Crippen molar-refractivity contribution in [1.82, 2.24) is 0 Å². The molecule has 1 heterocycles. The summed E-state index contributed by atoms with van der Waals surface area (Å²) in [5, 5.41) is 0. The second-order valence-corrected chi connectivity index (χ2v) is 5.49. The molecule has 1 heteroatoms. The number of pyridine rings is 1. The summed E-state index contributed by atoms with van der Waals surface area (Å²) in [6.07, 6.45) is 8.04. The summed E-state index contributed by atoms with van der Waals surface area (Å²) in [5.41, 5.74) is 5.16. The minimum Gasteiger partial charge on any atom is -0.165 e. The maximum absolute atomic E-state index is 4.20. The fourth-order valence-corrected chi connectivity index (χ4v) is 2.66. The SMILES string of the molecule is C=C(CC)[n+]1ccccc1-c1ccccc1CCCCC. The quantitative estimate of drug-likeness (QED) is 0.481. The molecule has 0 aliphatic heterocycles. The van der Waals surface area contributed by atoms with E-state index in [0.29, 0.717) is 0 Å². The largest absolute Gasteiger partial charge is 0.218 e. The Labute approximate surface area is 129 Å². The van der Waals surface area contributed by atoms with Crippen molar-refractivity contribution in [1.29, 1.82) is 0 Å². The predicted octanol–water partition coefficient (Wildman–Crippen LogP) is 5.25. The summed E-state index contributed by atoms with van der Waals surface area (Å²) >= 11 is 0. The van der Waals surface area contributed by atoms with E-state index in [2.05, 4.69) is 73.7 Å². The number of aryl methyl sites for hydroxylation is 1. The third-order valence-electron chi connectivity index (χ3n) is 3.95. The minimum atomic E-state index is 0.958. The molecule has 0 amide bonds. The van der Waals surface area contributed by atoms with Gasteiger partial charge in [0.25, 0.3) is 0 Å². The first-order valence-electron chi connectivity index (χ1n) is 8.05. The van der Waals surface area contributed by atoms with Gasteiger partial charge >= 0.3 is 0 Å². The molecule has 0 saturated heterocycles. The van der Waals surface area contributed by atoms with Gasteiger partial charge in [0.2, 0.25) is 5.69 Å². The van der Waals surface area contributed by atoms with Crippen LogP contribution in [0.4, 0.5) is 0 Å². The highest BCUT2D eigenvalue weighted by molar-refractivity contribution is 5.62. The highest BCUT2D eigenvalue weighted by Gasteiger charge is 2.17.